The van der Waals surface area contributed by atoms with Gasteiger partial charge in [0, 0.05) is 38.4 Å². The molecule has 0 atom stereocenters. The zero-order chi connectivity index (χ0) is 40.0. The van der Waals surface area contributed by atoms with E-state index in [0.717, 1.165) is 71.4 Å². The molecule has 3 heterocycles. The second-order valence-electron chi connectivity index (χ2n) is 16.2. The van der Waals surface area contributed by atoms with Gasteiger partial charge in [-0.05, 0) is 67.7 Å². The molecule has 12 rings (SSSR count). The standard InChI is InChI=1S/C55H36N4O/c1-55(2)45-24-12-10-21-42(45)48-39(23-14-25-46(48)55)37-31-36-17-6-7-18-38(36)44(32-37)53-58-51(34-15-4-3-5-16-34)57-52(59-53)35-29-27-33(28-30-35)50-41-20-9-8-19-40(41)49-43-22-11-13-26-47(43)60-54(49)56-50/h3-32H,1-2H3. The van der Waals surface area contributed by atoms with Crippen LogP contribution in [0.3, 0.4) is 0 Å². The molecule has 0 N–H and O–H groups in total. The highest BCUT2D eigenvalue weighted by Gasteiger charge is 2.36. The Kier molecular flexibility index (Phi) is 7.51. The first kappa shape index (κ1) is 34.3. The van der Waals surface area contributed by atoms with Crippen molar-refractivity contribution < 1.29 is 4.42 Å². The SMILES string of the molecule is CC1(C)c2ccccc2-c2c(-c3cc(-c4nc(-c5ccccc5)nc(-c5ccc(-c6nc7oc8ccccc8c7c7ccccc67)cc5)n4)c4ccccc4c3)cccc21. The van der Waals surface area contributed by atoms with E-state index in [-0.39, 0.29) is 5.41 Å². The number of furan rings is 1. The smallest absolute Gasteiger partial charge is 0.228 e. The van der Waals surface area contributed by atoms with Crippen LogP contribution in [-0.4, -0.2) is 19.9 Å². The highest BCUT2D eigenvalue weighted by molar-refractivity contribution is 6.20. The maximum Gasteiger partial charge on any atom is 0.228 e. The zero-order valence-corrected chi connectivity index (χ0v) is 33.0. The Labute approximate surface area is 346 Å². The van der Waals surface area contributed by atoms with Crippen LogP contribution < -0.4 is 0 Å². The van der Waals surface area contributed by atoms with Gasteiger partial charge in [0.05, 0.1) is 11.1 Å². The summed E-state index contributed by atoms with van der Waals surface area (Å²) in [5.74, 6) is 1.84. The van der Waals surface area contributed by atoms with Gasteiger partial charge in [0.1, 0.15) is 5.58 Å². The summed E-state index contributed by atoms with van der Waals surface area (Å²) in [5, 5.41) is 6.50. The molecule has 0 radical (unpaired) electrons. The maximum absolute atomic E-state index is 6.30. The lowest BCUT2D eigenvalue weighted by Crippen LogP contribution is -2.14. The summed E-state index contributed by atoms with van der Waals surface area (Å²) in [6.07, 6.45) is 0. The number of para-hydroxylation sites is 1. The zero-order valence-electron chi connectivity index (χ0n) is 33.0. The minimum absolute atomic E-state index is 0.103. The molecule has 0 amide bonds. The molecule has 0 spiro atoms. The molecule has 1 aliphatic carbocycles. The Morgan fingerprint density at radius 1 is 0.400 bits per heavy atom. The summed E-state index contributed by atoms with van der Waals surface area (Å²) < 4.78 is 6.30. The van der Waals surface area contributed by atoms with E-state index in [1.54, 1.807) is 0 Å². The molecule has 0 saturated carbocycles. The summed E-state index contributed by atoms with van der Waals surface area (Å²) in [4.78, 5) is 20.7. The molecule has 5 nitrogen and oxygen atoms in total. The Morgan fingerprint density at radius 3 is 1.82 bits per heavy atom. The van der Waals surface area contributed by atoms with E-state index in [0.29, 0.717) is 23.2 Å². The number of rotatable bonds is 5. The van der Waals surface area contributed by atoms with Crippen molar-refractivity contribution in [2.45, 2.75) is 19.3 Å². The number of aromatic nitrogens is 4. The van der Waals surface area contributed by atoms with E-state index in [4.69, 9.17) is 24.4 Å². The molecule has 0 bridgehead atoms. The van der Waals surface area contributed by atoms with Crippen LogP contribution in [0.5, 0.6) is 0 Å². The number of hydrogen-bond donors (Lipinski definition) is 0. The van der Waals surface area contributed by atoms with E-state index in [9.17, 15) is 0 Å². The molecule has 1 aliphatic rings. The van der Waals surface area contributed by atoms with Crippen molar-refractivity contribution in [2.24, 2.45) is 0 Å². The summed E-state index contributed by atoms with van der Waals surface area (Å²) in [6, 6.07) is 63.8. The molecule has 0 aliphatic heterocycles. The Balaban J connectivity index is 1.03. The first-order valence-corrected chi connectivity index (χ1v) is 20.4. The Bertz CT molecular complexity index is 3510. The highest BCUT2D eigenvalue weighted by atomic mass is 16.3. The second kappa shape index (κ2) is 13.1. The van der Waals surface area contributed by atoms with Gasteiger partial charge in [-0.25, -0.2) is 19.9 Å². The van der Waals surface area contributed by atoms with Crippen LogP contribution in [0.1, 0.15) is 25.0 Å². The summed E-state index contributed by atoms with van der Waals surface area (Å²) >= 11 is 0. The van der Waals surface area contributed by atoms with E-state index >= 15 is 0 Å². The van der Waals surface area contributed by atoms with Crippen molar-refractivity contribution in [3.63, 3.8) is 0 Å². The van der Waals surface area contributed by atoms with Crippen LogP contribution in [0.25, 0.3) is 111 Å². The maximum atomic E-state index is 6.30. The fourth-order valence-corrected chi connectivity index (χ4v) is 9.43. The minimum atomic E-state index is -0.103. The van der Waals surface area contributed by atoms with Crippen molar-refractivity contribution in [2.75, 3.05) is 0 Å². The predicted molar refractivity (Wildman–Crippen MR) is 245 cm³/mol. The predicted octanol–water partition coefficient (Wildman–Crippen LogP) is 14.1. The van der Waals surface area contributed by atoms with Crippen LogP contribution in [0.15, 0.2) is 186 Å². The summed E-state index contributed by atoms with van der Waals surface area (Å²) in [5.41, 5.74) is 13.6. The Morgan fingerprint density at radius 2 is 1.00 bits per heavy atom. The molecule has 0 unspecified atom stereocenters. The third kappa shape index (κ3) is 5.26. The largest absolute Gasteiger partial charge is 0.438 e. The molecular formula is C55H36N4O. The molecule has 3 aromatic heterocycles. The van der Waals surface area contributed by atoms with Gasteiger partial charge in [-0.1, -0.05) is 178 Å². The van der Waals surface area contributed by atoms with Crippen LogP contribution in [-0.2, 0) is 5.41 Å². The number of hydrogen-bond acceptors (Lipinski definition) is 5. The lowest BCUT2D eigenvalue weighted by atomic mass is 9.82. The van der Waals surface area contributed by atoms with Crippen LogP contribution in [0, 0.1) is 0 Å². The van der Waals surface area contributed by atoms with Crippen LogP contribution in [0.4, 0.5) is 0 Å². The quantitative estimate of drug-likeness (QED) is 0.174. The molecule has 282 valence electrons. The van der Waals surface area contributed by atoms with Crippen LogP contribution in [0.2, 0.25) is 0 Å². The van der Waals surface area contributed by atoms with Gasteiger partial charge in [-0.3, -0.25) is 0 Å². The molecule has 0 saturated heterocycles. The molecule has 11 aromatic rings. The van der Waals surface area contributed by atoms with Crippen molar-refractivity contribution >= 4 is 43.6 Å². The van der Waals surface area contributed by atoms with Gasteiger partial charge in [-0.2, -0.15) is 0 Å². The van der Waals surface area contributed by atoms with Crippen LogP contribution >= 0.6 is 0 Å². The molecule has 8 aromatic carbocycles. The third-order valence-corrected chi connectivity index (χ3v) is 12.3. The lowest BCUT2D eigenvalue weighted by molar-refractivity contribution is 0.655. The van der Waals surface area contributed by atoms with Crippen molar-refractivity contribution in [1.29, 1.82) is 0 Å². The minimum Gasteiger partial charge on any atom is -0.438 e. The first-order valence-electron chi connectivity index (χ1n) is 20.4. The van der Waals surface area contributed by atoms with E-state index < -0.39 is 0 Å². The van der Waals surface area contributed by atoms with Crippen molar-refractivity contribution in [3.8, 4) is 67.7 Å². The fourth-order valence-electron chi connectivity index (χ4n) is 9.43. The number of fused-ring (bicyclic) bond motifs is 9. The average Bonchev–Trinajstić information content (AvgIpc) is 3.80. The summed E-state index contributed by atoms with van der Waals surface area (Å²) in [6.45, 7) is 4.66. The van der Waals surface area contributed by atoms with Crippen molar-refractivity contribution in [3.05, 3.63) is 193 Å². The van der Waals surface area contributed by atoms with E-state index in [1.165, 1.54) is 27.8 Å². The Hall–Kier alpha value is -7.76. The molecule has 0 fully saturated rings. The number of pyridine rings is 1. The normalized spacial score (nSPS) is 13.0. The molecule has 60 heavy (non-hydrogen) atoms. The number of benzene rings is 8. The van der Waals surface area contributed by atoms with Crippen molar-refractivity contribution in [1.82, 2.24) is 19.9 Å². The van der Waals surface area contributed by atoms with Gasteiger partial charge in [0.2, 0.25) is 5.71 Å². The van der Waals surface area contributed by atoms with Gasteiger partial charge >= 0.3 is 0 Å². The number of nitrogens with zero attached hydrogens (tertiary/aromatic N) is 4. The van der Waals surface area contributed by atoms with Gasteiger partial charge in [0.25, 0.3) is 0 Å². The molecular weight excluding hydrogens is 733 g/mol. The monoisotopic (exact) mass is 768 g/mol. The lowest BCUT2D eigenvalue weighted by Gasteiger charge is -2.21. The van der Waals surface area contributed by atoms with Gasteiger partial charge < -0.3 is 4.42 Å². The average molecular weight is 769 g/mol. The summed E-state index contributed by atoms with van der Waals surface area (Å²) in [7, 11) is 0. The van der Waals surface area contributed by atoms with Gasteiger partial charge in [-0.15, -0.1) is 0 Å². The van der Waals surface area contributed by atoms with E-state index in [2.05, 4.69) is 159 Å². The molecule has 5 heteroatoms. The highest BCUT2D eigenvalue weighted by Crippen LogP contribution is 2.52. The topological polar surface area (TPSA) is 64.7 Å². The third-order valence-electron chi connectivity index (χ3n) is 12.3. The first-order chi connectivity index (χ1) is 29.5. The second-order valence-corrected chi connectivity index (χ2v) is 16.2. The van der Waals surface area contributed by atoms with E-state index in [1.807, 2.05) is 36.4 Å². The fraction of sp³-hybridized carbons (Fsp3) is 0.0545. The van der Waals surface area contributed by atoms with Gasteiger partial charge in [0.15, 0.2) is 17.5 Å².